The van der Waals surface area contributed by atoms with Gasteiger partial charge in [0.2, 0.25) is 5.91 Å². The Labute approximate surface area is 204 Å². The third kappa shape index (κ3) is 4.59. The van der Waals surface area contributed by atoms with Gasteiger partial charge in [0, 0.05) is 56.5 Å². The van der Waals surface area contributed by atoms with E-state index in [2.05, 4.69) is 15.7 Å². The number of hydrogen-bond acceptors (Lipinski definition) is 6. The van der Waals surface area contributed by atoms with E-state index in [1.54, 1.807) is 21.8 Å². The number of nitrogens with zero attached hydrogens (tertiary/aromatic N) is 4. The molecule has 1 aromatic heterocycles. The van der Waals surface area contributed by atoms with Gasteiger partial charge in [-0.3, -0.25) is 14.3 Å². The lowest BCUT2D eigenvalue weighted by Gasteiger charge is -2.27. The summed E-state index contributed by atoms with van der Waals surface area (Å²) in [6.07, 6.45) is 2.92. The van der Waals surface area contributed by atoms with Crippen LogP contribution in [0.15, 0.2) is 42.6 Å². The lowest BCUT2D eigenvalue weighted by Crippen LogP contribution is -2.46. The molecule has 0 aliphatic carbocycles. The van der Waals surface area contributed by atoms with Crippen LogP contribution in [0.4, 0.5) is 22.9 Å². The van der Waals surface area contributed by atoms with E-state index in [9.17, 15) is 9.59 Å². The molecule has 182 valence electrons. The number of benzene rings is 2. The predicted molar refractivity (Wildman–Crippen MR) is 137 cm³/mol. The number of aromatic nitrogens is 2. The molecule has 1 saturated heterocycles. The first-order valence-corrected chi connectivity index (χ1v) is 12.0. The van der Waals surface area contributed by atoms with Crippen LogP contribution in [0.1, 0.15) is 33.5 Å². The summed E-state index contributed by atoms with van der Waals surface area (Å²) in [4.78, 5) is 30.0. The van der Waals surface area contributed by atoms with Crippen molar-refractivity contribution in [2.24, 2.45) is 7.05 Å². The van der Waals surface area contributed by atoms with Crippen molar-refractivity contribution in [3.05, 3.63) is 64.8 Å². The summed E-state index contributed by atoms with van der Waals surface area (Å²) in [5.74, 6) is 0.931. The lowest BCUT2D eigenvalue weighted by molar-refractivity contribution is -0.131. The van der Waals surface area contributed by atoms with Crippen molar-refractivity contribution in [2.45, 2.75) is 26.3 Å². The van der Waals surface area contributed by atoms with Gasteiger partial charge in [-0.05, 0) is 54.8 Å². The van der Waals surface area contributed by atoms with Gasteiger partial charge in [0.1, 0.15) is 5.82 Å². The number of anilines is 4. The minimum absolute atomic E-state index is 0.0962. The van der Waals surface area contributed by atoms with E-state index in [0.29, 0.717) is 30.6 Å². The van der Waals surface area contributed by atoms with Gasteiger partial charge in [-0.15, -0.1) is 0 Å². The number of fused-ring (bicyclic) bond motifs is 2. The zero-order valence-corrected chi connectivity index (χ0v) is 20.2. The van der Waals surface area contributed by atoms with Crippen molar-refractivity contribution in [3.63, 3.8) is 0 Å². The summed E-state index contributed by atoms with van der Waals surface area (Å²) in [5.41, 5.74) is 11.8. The zero-order valence-electron chi connectivity index (χ0n) is 20.2. The van der Waals surface area contributed by atoms with Crippen molar-refractivity contribution < 1.29 is 9.59 Å². The van der Waals surface area contributed by atoms with E-state index in [0.717, 1.165) is 60.1 Å². The van der Waals surface area contributed by atoms with Gasteiger partial charge in [-0.1, -0.05) is 6.07 Å². The topological polar surface area (TPSA) is 109 Å². The number of hydrogen-bond donors (Lipinski definition) is 3. The molecule has 0 unspecified atom stereocenters. The van der Waals surface area contributed by atoms with Crippen LogP contribution in [-0.4, -0.2) is 52.7 Å². The van der Waals surface area contributed by atoms with Crippen molar-refractivity contribution in [1.29, 1.82) is 0 Å². The van der Waals surface area contributed by atoms with E-state index in [-0.39, 0.29) is 11.8 Å². The van der Waals surface area contributed by atoms with Crippen LogP contribution in [0.25, 0.3) is 0 Å². The first-order valence-electron chi connectivity index (χ1n) is 12.0. The van der Waals surface area contributed by atoms with Gasteiger partial charge < -0.3 is 26.2 Å². The molecule has 9 heteroatoms. The number of carbonyl (C=O) groups excluding carboxylic acids is 2. The average Bonchev–Trinajstić information content (AvgIpc) is 3.11. The molecule has 0 radical (unpaired) electrons. The SMILES string of the molecule is Cc1cc(C(=O)N2Cc3cnn(C)c3Nc3cc(N)ccc32)ccc1CCC(=O)N1CCNCC1. The fourth-order valence-electron chi connectivity index (χ4n) is 4.79. The molecular weight excluding hydrogens is 442 g/mol. The summed E-state index contributed by atoms with van der Waals surface area (Å²) in [6.45, 7) is 5.63. The van der Waals surface area contributed by atoms with Gasteiger partial charge in [0.25, 0.3) is 5.91 Å². The largest absolute Gasteiger partial charge is 0.399 e. The third-order valence-electron chi connectivity index (χ3n) is 6.82. The maximum atomic E-state index is 13.7. The van der Waals surface area contributed by atoms with Gasteiger partial charge in [-0.25, -0.2) is 0 Å². The van der Waals surface area contributed by atoms with Gasteiger partial charge >= 0.3 is 0 Å². The van der Waals surface area contributed by atoms with Crippen LogP contribution in [0.3, 0.4) is 0 Å². The molecule has 4 N–H and O–H groups in total. The Morgan fingerprint density at radius 3 is 2.69 bits per heavy atom. The molecule has 9 nitrogen and oxygen atoms in total. The molecule has 0 saturated carbocycles. The van der Waals surface area contributed by atoms with Crippen LogP contribution < -0.4 is 21.3 Å². The van der Waals surface area contributed by atoms with Crippen LogP contribution in [0, 0.1) is 6.92 Å². The number of rotatable bonds is 4. The van der Waals surface area contributed by atoms with E-state index >= 15 is 0 Å². The zero-order chi connectivity index (χ0) is 24.5. The van der Waals surface area contributed by atoms with Crippen molar-refractivity contribution in [2.75, 3.05) is 42.1 Å². The Hall–Kier alpha value is -3.85. The quantitative estimate of drug-likeness (QED) is 0.503. The number of nitrogens with one attached hydrogen (secondary N) is 2. The summed E-state index contributed by atoms with van der Waals surface area (Å²) >= 11 is 0. The normalized spacial score (nSPS) is 15.1. The lowest BCUT2D eigenvalue weighted by atomic mass is 10.00. The van der Waals surface area contributed by atoms with Gasteiger partial charge in [0.05, 0.1) is 24.1 Å². The minimum atomic E-state index is -0.0962. The smallest absolute Gasteiger partial charge is 0.258 e. The Bertz CT molecular complexity index is 1280. The number of carbonyl (C=O) groups is 2. The molecule has 1 fully saturated rings. The van der Waals surface area contributed by atoms with Crippen LogP contribution in [0.2, 0.25) is 0 Å². The molecule has 0 atom stereocenters. The molecule has 2 aromatic carbocycles. The molecule has 2 amide bonds. The molecule has 0 bridgehead atoms. The van der Waals surface area contributed by atoms with Crippen molar-refractivity contribution in [1.82, 2.24) is 20.0 Å². The molecule has 2 aliphatic rings. The maximum Gasteiger partial charge on any atom is 0.258 e. The fourth-order valence-corrected chi connectivity index (χ4v) is 4.79. The molecular formula is C26H31N7O2. The Balaban J connectivity index is 1.37. The van der Waals surface area contributed by atoms with Crippen molar-refractivity contribution in [3.8, 4) is 0 Å². The molecule has 0 spiro atoms. The molecule has 3 heterocycles. The predicted octanol–water partition coefficient (Wildman–Crippen LogP) is 2.58. The third-order valence-corrected chi connectivity index (χ3v) is 6.82. The summed E-state index contributed by atoms with van der Waals surface area (Å²) in [6, 6.07) is 11.3. The molecule has 3 aromatic rings. The number of amides is 2. The van der Waals surface area contributed by atoms with E-state index in [1.165, 1.54) is 0 Å². The van der Waals surface area contributed by atoms with E-state index < -0.39 is 0 Å². The highest BCUT2D eigenvalue weighted by Gasteiger charge is 2.27. The molecule has 35 heavy (non-hydrogen) atoms. The van der Waals surface area contributed by atoms with Gasteiger partial charge in [-0.2, -0.15) is 5.10 Å². The van der Waals surface area contributed by atoms with Crippen LogP contribution >= 0.6 is 0 Å². The number of nitrogen functional groups attached to an aromatic ring is 1. The highest BCUT2D eigenvalue weighted by atomic mass is 16.2. The summed E-state index contributed by atoms with van der Waals surface area (Å²) < 4.78 is 1.76. The first-order chi connectivity index (χ1) is 16.9. The minimum Gasteiger partial charge on any atom is -0.399 e. The van der Waals surface area contributed by atoms with E-state index in [1.807, 2.05) is 49.2 Å². The second-order valence-electron chi connectivity index (χ2n) is 9.21. The number of nitrogens with two attached hydrogens (primary N) is 1. The second-order valence-corrected chi connectivity index (χ2v) is 9.21. The maximum absolute atomic E-state index is 13.7. The second kappa shape index (κ2) is 9.42. The van der Waals surface area contributed by atoms with Crippen molar-refractivity contribution >= 4 is 34.7 Å². The summed E-state index contributed by atoms with van der Waals surface area (Å²) in [5, 5.41) is 11.0. The Morgan fingerprint density at radius 1 is 1.11 bits per heavy atom. The highest BCUT2D eigenvalue weighted by Crippen LogP contribution is 2.37. The fraction of sp³-hybridized carbons (Fsp3) is 0.346. The number of aryl methyl sites for hydroxylation is 3. The van der Waals surface area contributed by atoms with Crippen LogP contribution in [-0.2, 0) is 24.8 Å². The summed E-state index contributed by atoms with van der Waals surface area (Å²) in [7, 11) is 1.87. The molecule has 5 rings (SSSR count). The highest BCUT2D eigenvalue weighted by molar-refractivity contribution is 6.08. The molecule has 2 aliphatic heterocycles. The average molecular weight is 474 g/mol. The monoisotopic (exact) mass is 473 g/mol. The first kappa shape index (κ1) is 22.9. The standard InChI is InChI=1S/C26H31N7O2/c1-17-13-19(4-3-18(17)5-8-24(34)32-11-9-28-10-12-32)26(35)33-16-20-15-29-31(2)25(20)30-22-14-21(27)6-7-23(22)33/h3-4,6-7,13-15,28,30H,5,8-12,16,27H2,1-2H3. The van der Waals surface area contributed by atoms with Crippen LogP contribution in [0.5, 0.6) is 0 Å². The number of piperazine rings is 1. The Morgan fingerprint density at radius 2 is 1.91 bits per heavy atom. The Kier molecular flexibility index (Phi) is 6.17. The van der Waals surface area contributed by atoms with E-state index in [4.69, 9.17) is 5.73 Å². The van der Waals surface area contributed by atoms with Gasteiger partial charge in [0.15, 0.2) is 0 Å².